The van der Waals surface area contributed by atoms with Crippen LogP contribution in [0.25, 0.3) is 16.5 Å². The normalized spacial score (nSPS) is 25.7. The number of benzene rings is 1. The van der Waals surface area contributed by atoms with Crippen molar-refractivity contribution in [2.45, 2.75) is 25.5 Å². The van der Waals surface area contributed by atoms with E-state index in [1.165, 1.54) is 22.1 Å². The molecule has 0 amide bonds. The Bertz CT molecular complexity index is 787. The second-order valence-corrected chi connectivity index (χ2v) is 6.51. The molecule has 0 saturated heterocycles. The molecule has 114 valence electrons. The van der Waals surface area contributed by atoms with Gasteiger partial charge in [-0.15, -0.1) is 0 Å². The molecule has 0 saturated carbocycles. The molecule has 4 rings (SSSR count). The van der Waals surface area contributed by atoms with E-state index in [0.717, 1.165) is 11.9 Å². The molecule has 4 nitrogen and oxygen atoms in total. The second kappa shape index (κ2) is 4.80. The zero-order valence-electron chi connectivity index (χ0n) is 12.8. The number of aliphatic hydroxyl groups excluding tert-OH is 1. The number of fused-ring (bicyclic) bond motifs is 2. The summed E-state index contributed by atoms with van der Waals surface area (Å²) in [6.45, 7) is 2.23. The summed E-state index contributed by atoms with van der Waals surface area (Å²) in [4.78, 5) is 17.8. The Kier molecular flexibility index (Phi) is 2.99. The molecule has 1 aromatic heterocycles. The maximum Gasteiger partial charge on any atom is 0.169 e. The number of H-pyrrole nitrogens is 1. The van der Waals surface area contributed by atoms with E-state index in [1.54, 1.807) is 6.92 Å². The SMILES string of the molecule is CC(O)C(=O)[C@@H]1C=C2c3cccc4[nH]cc(c34)C[C@H]2N(C)C1. The number of Topliss-reactive ketones (excluding diaryl/α,β-unsaturated/α-hetero) is 1. The van der Waals surface area contributed by atoms with E-state index in [1.807, 2.05) is 0 Å². The van der Waals surface area contributed by atoms with E-state index in [-0.39, 0.29) is 11.7 Å². The highest BCUT2D eigenvalue weighted by molar-refractivity contribution is 5.99. The third-order valence-electron chi connectivity index (χ3n) is 5.05. The summed E-state index contributed by atoms with van der Waals surface area (Å²) in [6, 6.07) is 6.60. The molecule has 0 bridgehead atoms. The number of hydrogen-bond acceptors (Lipinski definition) is 3. The van der Waals surface area contributed by atoms with Crippen LogP contribution in [0.3, 0.4) is 0 Å². The van der Waals surface area contributed by atoms with Crippen molar-refractivity contribution in [3.05, 3.63) is 41.6 Å². The van der Waals surface area contributed by atoms with Crippen LogP contribution in [0, 0.1) is 5.92 Å². The minimum atomic E-state index is -0.908. The van der Waals surface area contributed by atoms with Crippen molar-refractivity contribution in [2.75, 3.05) is 13.6 Å². The number of rotatable bonds is 2. The summed E-state index contributed by atoms with van der Waals surface area (Å²) < 4.78 is 0. The highest BCUT2D eigenvalue weighted by Gasteiger charge is 2.36. The van der Waals surface area contributed by atoms with Crippen molar-refractivity contribution < 1.29 is 9.90 Å². The number of carbonyl (C=O) groups excluding carboxylic acids is 1. The largest absolute Gasteiger partial charge is 0.386 e. The van der Waals surface area contributed by atoms with Crippen LogP contribution < -0.4 is 0 Å². The summed E-state index contributed by atoms with van der Waals surface area (Å²) in [5.41, 5.74) is 4.95. The van der Waals surface area contributed by atoms with Gasteiger partial charge in [0, 0.05) is 29.7 Å². The van der Waals surface area contributed by atoms with Gasteiger partial charge >= 0.3 is 0 Å². The predicted molar refractivity (Wildman–Crippen MR) is 86.6 cm³/mol. The minimum Gasteiger partial charge on any atom is -0.386 e. The van der Waals surface area contributed by atoms with Crippen molar-refractivity contribution in [3.63, 3.8) is 0 Å². The van der Waals surface area contributed by atoms with Gasteiger partial charge in [0.25, 0.3) is 0 Å². The topological polar surface area (TPSA) is 56.3 Å². The van der Waals surface area contributed by atoms with E-state index in [4.69, 9.17) is 0 Å². The van der Waals surface area contributed by atoms with Crippen LogP contribution in [-0.2, 0) is 11.2 Å². The number of hydrogen-bond donors (Lipinski definition) is 2. The monoisotopic (exact) mass is 296 g/mol. The number of carbonyl (C=O) groups is 1. The van der Waals surface area contributed by atoms with Crippen molar-refractivity contribution in [1.29, 1.82) is 0 Å². The molecule has 22 heavy (non-hydrogen) atoms. The van der Waals surface area contributed by atoms with Crippen LogP contribution in [0.2, 0.25) is 0 Å². The van der Waals surface area contributed by atoms with E-state index in [0.29, 0.717) is 12.6 Å². The fraction of sp³-hybridized carbons (Fsp3) is 0.389. The first-order valence-corrected chi connectivity index (χ1v) is 7.79. The van der Waals surface area contributed by atoms with Gasteiger partial charge in [-0.2, -0.15) is 0 Å². The molecule has 2 aromatic rings. The van der Waals surface area contributed by atoms with Crippen LogP contribution in [0.15, 0.2) is 30.5 Å². The van der Waals surface area contributed by atoms with Crippen molar-refractivity contribution in [3.8, 4) is 0 Å². The molecule has 0 spiro atoms. The fourth-order valence-electron chi connectivity index (χ4n) is 3.94. The summed E-state index contributed by atoms with van der Waals surface area (Å²) in [5, 5.41) is 10.9. The molecule has 1 aliphatic carbocycles. The van der Waals surface area contributed by atoms with Gasteiger partial charge in [-0.05, 0) is 43.2 Å². The molecule has 0 fully saturated rings. The highest BCUT2D eigenvalue weighted by Crippen LogP contribution is 2.40. The summed E-state index contributed by atoms with van der Waals surface area (Å²) in [7, 11) is 2.07. The number of aromatic nitrogens is 1. The maximum atomic E-state index is 12.2. The lowest BCUT2D eigenvalue weighted by Gasteiger charge is -2.39. The third kappa shape index (κ3) is 1.87. The van der Waals surface area contributed by atoms with Crippen molar-refractivity contribution in [1.82, 2.24) is 9.88 Å². The zero-order chi connectivity index (χ0) is 15.4. The molecule has 1 aromatic carbocycles. The Balaban J connectivity index is 1.88. The first-order valence-electron chi connectivity index (χ1n) is 7.79. The molecule has 0 radical (unpaired) electrons. The molecular formula is C18H20N2O2. The lowest BCUT2D eigenvalue weighted by molar-refractivity contribution is -0.129. The van der Waals surface area contributed by atoms with Gasteiger partial charge in [0.1, 0.15) is 6.10 Å². The highest BCUT2D eigenvalue weighted by atomic mass is 16.3. The Morgan fingerprint density at radius 1 is 1.45 bits per heavy atom. The number of aromatic amines is 1. The van der Waals surface area contributed by atoms with Gasteiger partial charge < -0.3 is 10.1 Å². The first-order chi connectivity index (χ1) is 10.6. The van der Waals surface area contributed by atoms with Gasteiger partial charge in [0.2, 0.25) is 0 Å². The Labute approximate surface area is 129 Å². The average Bonchev–Trinajstić information content (AvgIpc) is 2.92. The van der Waals surface area contributed by atoms with E-state index < -0.39 is 6.10 Å². The van der Waals surface area contributed by atoms with Crippen LogP contribution >= 0.6 is 0 Å². The van der Waals surface area contributed by atoms with Crippen molar-refractivity contribution in [2.24, 2.45) is 5.92 Å². The van der Waals surface area contributed by atoms with Gasteiger partial charge in [-0.3, -0.25) is 9.69 Å². The number of ketones is 1. The number of nitrogens with one attached hydrogen (secondary N) is 1. The lowest BCUT2D eigenvalue weighted by atomic mass is 9.79. The van der Waals surface area contributed by atoms with Crippen LogP contribution in [0.1, 0.15) is 18.1 Å². The smallest absolute Gasteiger partial charge is 0.169 e. The van der Waals surface area contributed by atoms with Gasteiger partial charge in [-0.1, -0.05) is 18.2 Å². The summed E-state index contributed by atoms with van der Waals surface area (Å²) in [6.07, 6.45) is 4.25. The van der Waals surface area contributed by atoms with Gasteiger partial charge in [-0.25, -0.2) is 0 Å². The standard InChI is InChI=1S/C18H20N2O2/c1-10(21)18(22)12-6-14-13-4-3-5-15-17(13)11(8-19-15)7-16(14)20(2)9-12/h3-6,8,10,12,16,19,21H,7,9H2,1-2H3/t10?,12-,16-/m1/s1. The van der Waals surface area contributed by atoms with E-state index in [2.05, 4.69) is 47.4 Å². The number of aliphatic hydroxyl groups is 1. The summed E-state index contributed by atoms with van der Waals surface area (Å²) >= 11 is 0. The fourth-order valence-corrected chi connectivity index (χ4v) is 3.94. The quantitative estimate of drug-likeness (QED) is 0.891. The lowest BCUT2D eigenvalue weighted by Crippen LogP contribution is -2.45. The molecular weight excluding hydrogens is 276 g/mol. The number of nitrogens with zero attached hydrogens (tertiary/aromatic N) is 1. The first kappa shape index (κ1) is 13.7. The molecule has 2 heterocycles. The maximum absolute atomic E-state index is 12.2. The third-order valence-corrected chi connectivity index (χ3v) is 5.05. The average molecular weight is 296 g/mol. The van der Waals surface area contributed by atoms with Gasteiger partial charge in [0.15, 0.2) is 5.78 Å². The molecule has 2 N–H and O–H groups in total. The predicted octanol–water partition coefficient (Wildman–Crippen LogP) is 1.99. The Morgan fingerprint density at radius 3 is 3.05 bits per heavy atom. The number of likely N-dealkylation sites (N-methyl/N-ethyl adjacent to an activating group) is 1. The molecule has 1 unspecified atom stereocenters. The van der Waals surface area contributed by atoms with E-state index >= 15 is 0 Å². The minimum absolute atomic E-state index is 0.0927. The molecule has 3 atom stereocenters. The van der Waals surface area contributed by atoms with Crippen molar-refractivity contribution >= 4 is 22.3 Å². The van der Waals surface area contributed by atoms with Gasteiger partial charge in [0.05, 0.1) is 5.92 Å². The van der Waals surface area contributed by atoms with Crippen LogP contribution in [0.4, 0.5) is 0 Å². The molecule has 1 aliphatic heterocycles. The second-order valence-electron chi connectivity index (χ2n) is 6.51. The Morgan fingerprint density at radius 2 is 2.27 bits per heavy atom. The summed E-state index contributed by atoms with van der Waals surface area (Å²) in [5.74, 6) is -0.322. The molecule has 4 heteroatoms. The zero-order valence-corrected chi connectivity index (χ0v) is 12.8. The van der Waals surface area contributed by atoms with E-state index in [9.17, 15) is 9.90 Å². The van der Waals surface area contributed by atoms with Crippen LogP contribution in [0.5, 0.6) is 0 Å². The Hall–Kier alpha value is -1.91. The van der Waals surface area contributed by atoms with Crippen LogP contribution in [-0.4, -0.2) is 46.5 Å². The molecule has 2 aliphatic rings.